The van der Waals surface area contributed by atoms with Crippen LogP contribution in [-0.4, -0.2) is 36.5 Å². The Morgan fingerprint density at radius 2 is 1.82 bits per heavy atom. The fourth-order valence-corrected chi connectivity index (χ4v) is 4.18. The van der Waals surface area contributed by atoms with Crippen molar-refractivity contribution in [3.63, 3.8) is 0 Å². The molecule has 1 atom stereocenters. The zero-order chi connectivity index (χ0) is 23.5. The van der Waals surface area contributed by atoms with Crippen molar-refractivity contribution in [3.05, 3.63) is 90.1 Å². The molecule has 34 heavy (non-hydrogen) atoms. The van der Waals surface area contributed by atoms with Crippen molar-refractivity contribution in [1.29, 1.82) is 0 Å². The number of hydrogen-bond donors (Lipinski definition) is 1. The van der Waals surface area contributed by atoms with E-state index in [0.717, 1.165) is 17.0 Å². The normalized spacial score (nSPS) is 14.6. The molecule has 0 saturated heterocycles. The van der Waals surface area contributed by atoms with Gasteiger partial charge < -0.3 is 19.5 Å². The highest BCUT2D eigenvalue weighted by Gasteiger charge is 2.27. The Hall–Kier alpha value is -4.26. The first kappa shape index (κ1) is 21.6. The van der Waals surface area contributed by atoms with Crippen molar-refractivity contribution in [1.82, 2.24) is 15.1 Å². The van der Waals surface area contributed by atoms with E-state index < -0.39 is 0 Å². The molecular formula is C27H25N3O4. The SMILES string of the molecule is COc1ccc(OC)c(-c2nn(-c3ccccc3)cc2C(=O)NC2CCOc3ccccc32)c1. The minimum absolute atomic E-state index is 0.155. The first-order valence-corrected chi connectivity index (χ1v) is 11.1. The lowest BCUT2D eigenvalue weighted by Crippen LogP contribution is -2.32. The van der Waals surface area contributed by atoms with Gasteiger partial charge in [-0.05, 0) is 36.4 Å². The number of ether oxygens (including phenoxy) is 3. The number of hydrogen-bond acceptors (Lipinski definition) is 5. The van der Waals surface area contributed by atoms with E-state index in [1.807, 2.05) is 72.8 Å². The molecule has 4 aromatic rings. The van der Waals surface area contributed by atoms with Crippen molar-refractivity contribution >= 4 is 5.91 Å². The molecule has 1 aromatic heterocycles. The number of carbonyl (C=O) groups excluding carboxylic acids is 1. The van der Waals surface area contributed by atoms with Crippen LogP contribution in [0.25, 0.3) is 16.9 Å². The predicted octanol–water partition coefficient (Wildman–Crippen LogP) is 4.81. The fourth-order valence-electron chi connectivity index (χ4n) is 4.18. The summed E-state index contributed by atoms with van der Waals surface area (Å²) in [6.45, 7) is 0.543. The van der Waals surface area contributed by atoms with Crippen molar-refractivity contribution in [2.24, 2.45) is 0 Å². The van der Waals surface area contributed by atoms with Gasteiger partial charge in [-0.3, -0.25) is 4.79 Å². The first-order valence-electron chi connectivity index (χ1n) is 11.1. The van der Waals surface area contributed by atoms with Crippen molar-refractivity contribution in [2.45, 2.75) is 12.5 Å². The molecule has 0 bridgehead atoms. The van der Waals surface area contributed by atoms with Crippen molar-refractivity contribution < 1.29 is 19.0 Å². The fraction of sp³-hybridized carbons (Fsp3) is 0.185. The Kier molecular flexibility index (Phi) is 5.91. The van der Waals surface area contributed by atoms with Crippen LogP contribution in [0.5, 0.6) is 17.2 Å². The molecule has 0 saturated carbocycles. The van der Waals surface area contributed by atoms with E-state index in [1.165, 1.54) is 0 Å². The molecule has 0 radical (unpaired) electrons. The van der Waals surface area contributed by atoms with Crippen LogP contribution in [0.15, 0.2) is 79.0 Å². The molecule has 0 fully saturated rings. The van der Waals surface area contributed by atoms with Gasteiger partial charge in [0, 0.05) is 23.7 Å². The van der Waals surface area contributed by atoms with E-state index in [1.54, 1.807) is 25.1 Å². The van der Waals surface area contributed by atoms with Crippen LogP contribution in [-0.2, 0) is 0 Å². The molecule has 1 N–H and O–H groups in total. The summed E-state index contributed by atoms with van der Waals surface area (Å²) in [6.07, 6.45) is 2.44. The average molecular weight is 456 g/mol. The van der Waals surface area contributed by atoms with E-state index >= 15 is 0 Å². The quantitative estimate of drug-likeness (QED) is 0.452. The Balaban J connectivity index is 1.58. The number of fused-ring (bicyclic) bond motifs is 1. The highest BCUT2D eigenvalue weighted by atomic mass is 16.5. The molecule has 5 rings (SSSR count). The number of nitrogens with one attached hydrogen (secondary N) is 1. The second kappa shape index (κ2) is 9.31. The van der Waals surface area contributed by atoms with Crippen LogP contribution in [0.1, 0.15) is 28.4 Å². The Morgan fingerprint density at radius 1 is 1.03 bits per heavy atom. The van der Waals surface area contributed by atoms with Crippen LogP contribution >= 0.6 is 0 Å². The lowest BCUT2D eigenvalue weighted by atomic mass is 9.99. The summed E-state index contributed by atoms with van der Waals surface area (Å²) in [7, 11) is 3.20. The van der Waals surface area contributed by atoms with Crippen LogP contribution in [0, 0.1) is 0 Å². The molecule has 7 heteroatoms. The van der Waals surface area contributed by atoms with Gasteiger partial charge in [0.1, 0.15) is 22.9 Å². The van der Waals surface area contributed by atoms with Gasteiger partial charge in [-0.2, -0.15) is 5.10 Å². The maximum Gasteiger partial charge on any atom is 0.255 e. The molecule has 7 nitrogen and oxygen atoms in total. The largest absolute Gasteiger partial charge is 0.497 e. The number of para-hydroxylation sites is 2. The Morgan fingerprint density at radius 3 is 2.62 bits per heavy atom. The van der Waals surface area contributed by atoms with Gasteiger partial charge in [-0.15, -0.1) is 0 Å². The maximum atomic E-state index is 13.6. The van der Waals surface area contributed by atoms with Crippen LogP contribution in [0.4, 0.5) is 0 Å². The number of carbonyl (C=O) groups is 1. The lowest BCUT2D eigenvalue weighted by Gasteiger charge is -2.26. The number of benzene rings is 3. The van der Waals surface area contributed by atoms with Crippen LogP contribution < -0.4 is 19.5 Å². The smallest absolute Gasteiger partial charge is 0.255 e. The first-order chi connectivity index (χ1) is 16.7. The summed E-state index contributed by atoms with van der Waals surface area (Å²) < 4.78 is 18.5. The minimum Gasteiger partial charge on any atom is -0.497 e. The zero-order valence-corrected chi connectivity index (χ0v) is 19.0. The van der Waals surface area contributed by atoms with Gasteiger partial charge in [0.05, 0.1) is 38.1 Å². The van der Waals surface area contributed by atoms with Gasteiger partial charge >= 0.3 is 0 Å². The predicted molar refractivity (Wildman–Crippen MR) is 129 cm³/mol. The molecule has 0 aliphatic carbocycles. The molecule has 1 unspecified atom stereocenters. The van der Waals surface area contributed by atoms with Crippen molar-refractivity contribution in [2.75, 3.05) is 20.8 Å². The van der Waals surface area contributed by atoms with Gasteiger partial charge in [0.25, 0.3) is 5.91 Å². The van der Waals surface area contributed by atoms with Crippen LogP contribution in [0.2, 0.25) is 0 Å². The monoisotopic (exact) mass is 455 g/mol. The van der Waals surface area contributed by atoms with Gasteiger partial charge in [-0.1, -0.05) is 36.4 Å². The van der Waals surface area contributed by atoms with E-state index in [2.05, 4.69) is 5.32 Å². The third-order valence-electron chi connectivity index (χ3n) is 5.91. The molecule has 1 aliphatic rings. The number of aromatic nitrogens is 2. The number of rotatable bonds is 6. The van der Waals surface area contributed by atoms with Crippen LogP contribution in [0.3, 0.4) is 0 Å². The van der Waals surface area contributed by atoms with Gasteiger partial charge in [0.2, 0.25) is 0 Å². The highest BCUT2D eigenvalue weighted by molar-refractivity contribution is 6.01. The third kappa shape index (κ3) is 4.08. The molecule has 3 aromatic carbocycles. The topological polar surface area (TPSA) is 74.6 Å². The van der Waals surface area contributed by atoms with E-state index in [0.29, 0.717) is 41.3 Å². The second-order valence-corrected chi connectivity index (χ2v) is 7.94. The summed E-state index contributed by atoms with van der Waals surface area (Å²) in [5.41, 5.74) is 3.45. The summed E-state index contributed by atoms with van der Waals surface area (Å²) in [4.78, 5) is 13.6. The van der Waals surface area contributed by atoms with E-state index in [-0.39, 0.29) is 11.9 Å². The number of amides is 1. The molecule has 2 heterocycles. The number of methoxy groups -OCH3 is 2. The van der Waals surface area contributed by atoms with Gasteiger partial charge in [0.15, 0.2) is 0 Å². The minimum atomic E-state index is -0.219. The molecular weight excluding hydrogens is 430 g/mol. The van der Waals surface area contributed by atoms with E-state index in [4.69, 9.17) is 19.3 Å². The standard InChI is InChI=1S/C27H25N3O4/c1-32-19-12-13-24(33-2)21(16-19)26-22(17-30(29-26)18-8-4-3-5-9-18)27(31)28-23-14-15-34-25-11-7-6-10-20(23)25/h3-13,16-17,23H,14-15H2,1-2H3,(H,28,31). The molecule has 0 spiro atoms. The average Bonchev–Trinajstić information content (AvgIpc) is 3.35. The highest BCUT2D eigenvalue weighted by Crippen LogP contribution is 2.36. The zero-order valence-electron chi connectivity index (χ0n) is 19.0. The molecule has 172 valence electrons. The van der Waals surface area contributed by atoms with Gasteiger partial charge in [-0.25, -0.2) is 4.68 Å². The summed E-state index contributed by atoms with van der Waals surface area (Å²) in [6, 6.07) is 22.8. The third-order valence-corrected chi connectivity index (χ3v) is 5.91. The Labute approximate surface area is 197 Å². The summed E-state index contributed by atoms with van der Waals surface area (Å²) >= 11 is 0. The summed E-state index contributed by atoms with van der Waals surface area (Å²) in [5, 5.41) is 7.98. The van der Waals surface area contributed by atoms with E-state index in [9.17, 15) is 4.79 Å². The summed E-state index contributed by atoms with van der Waals surface area (Å²) in [5.74, 6) is 1.83. The number of nitrogens with zero attached hydrogens (tertiary/aromatic N) is 2. The second-order valence-electron chi connectivity index (χ2n) is 7.94. The lowest BCUT2D eigenvalue weighted by molar-refractivity contribution is 0.0925. The maximum absolute atomic E-state index is 13.6. The molecule has 1 amide bonds. The van der Waals surface area contributed by atoms with Crippen molar-refractivity contribution in [3.8, 4) is 34.2 Å². The molecule has 1 aliphatic heterocycles. The Bertz CT molecular complexity index is 1320.